The summed E-state index contributed by atoms with van der Waals surface area (Å²) in [6, 6.07) is 6.83. The van der Waals surface area contributed by atoms with E-state index in [4.69, 9.17) is 5.11 Å². The van der Waals surface area contributed by atoms with E-state index < -0.39 is 5.97 Å². The van der Waals surface area contributed by atoms with Gasteiger partial charge in [0.05, 0.1) is 0 Å². The average molecular weight is 286 g/mol. The zero-order valence-electron chi connectivity index (χ0n) is 13.6. The Hall–Kier alpha value is -1.57. The number of fused-ring (bicyclic) bond motifs is 1. The van der Waals surface area contributed by atoms with Gasteiger partial charge >= 0.3 is 5.97 Å². The predicted molar refractivity (Wildman–Crippen MR) is 86.8 cm³/mol. The molecule has 114 valence electrons. The van der Waals surface area contributed by atoms with Crippen LogP contribution in [0.4, 0.5) is 0 Å². The van der Waals surface area contributed by atoms with E-state index in [0.717, 1.165) is 12.8 Å². The summed E-state index contributed by atoms with van der Waals surface area (Å²) in [6.07, 6.45) is 7.08. The highest BCUT2D eigenvalue weighted by Gasteiger charge is 2.36. The van der Waals surface area contributed by atoms with Crippen LogP contribution >= 0.6 is 0 Å². The maximum atomic E-state index is 10.5. The molecule has 0 atom stereocenters. The zero-order chi connectivity index (χ0) is 15.7. The number of aliphatic carboxylic acids is 1. The summed E-state index contributed by atoms with van der Waals surface area (Å²) in [5.74, 6) is -0.872. The minimum atomic E-state index is -0.872. The molecule has 1 N–H and O–H groups in total. The lowest BCUT2D eigenvalue weighted by atomic mass is 9.63. The van der Waals surface area contributed by atoms with E-state index >= 15 is 0 Å². The fourth-order valence-electron chi connectivity index (χ4n) is 3.23. The van der Waals surface area contributed by atoms with E-state index in [1.54, 1.807) is 6.08 Å². The molecule has 0 radical (unpaired) electrons. The molecular formula is C19H26O2. The lowest BCUT2D eigenvalue weighted by Crippen LogP contribution is -2.33. The van der Waals surface area contributed by atoms with Crippen LogP contribution in [0.5, 0.6) is 0 Å². The highest BCUT2D eigenvalue weighted by molar-refractivity contribution is 5.79. The van der Waals surface area contributed by atoms with Crippen molar-refractivity contribution in [3.63, 3.8) is 0 Å². The number of hydrogen-bond acceptors (Lipinski definition) is 1. The molecule has 0 amide bonds. The maximum absolute atomic E-state index is 10.5. The molecule has 2 rings (SSSR count). The van der Waals surface area contributed by atoms with E-state index in [-0.39, 0.29) is 10.8 Å². The van der Waals surface area contributed by atoms with Crippen molar-refractivity contribution in [2.24, 2.45) is 0 Å². The number of aryl methyl sites for hydroxylation is 1. The quantitative estimate of drug-likeness (QED) is 0.821. The van der Waals surface area contributed by atoms with Crippen LogP contribution in [0.15, 0.2) is 30.4 Å². The van der Waals surface area contributed by atoms with Gasteiger partial charge in [0.15, 0.2) is 0 Å². The Kier molecular flexibility index (Phi) is 4.27. The van der Waals surface area contributed by atoms with Crippen molar-refractivity contribution in [3.8, 4) is 0 Å². The van der Waals surface area contributed by atoms with Crippen molar-refractivity contribution in [3.05, 3.63) is 47.0 Å². The Morgan fingerprint density at radius 3 is 2.38 bits per heavy atom. The first-order valence-corrected chi connectivity index (χ1v) is 7.76. The molecule has 1 aliphatic rings. The van der Waals surface area contributed by atoms with Gasteiger partial charge in [-0.25, -0.2) is 4.79 Å². The molecule has 21 heavy (non-hydrogen) atoms. The van der Waals surface area contributed by atoms with E-state index in [2.05, 4.69) is 45.9 Å². The van der Waals surface area contributed by atoms with Crippen molar-refractivity contribution in [2.75, 3.05) is 0 Å². The van der Waals surface area contributed by atoms with Crippen molar-refractivity contribution in [1.29, 1.82) is 0 Å². The lowest BCUT2D eigenvalue weighted by Gasteiger charge is -2.42. The topological polar surface area (TPSA) is 37.3 Å². The summed E-state index contributed by atoms with van der Waals surface area (Å²) in [5.41, 5.74) is 4.74. The van der Waals surface area contributed by atoms with Crippen molar-refractivity contribution < 1.29 is 9.90 Å². The van der Waals surface area contributed by atoms with E-state index in [1.807, 2.05) is 0 Å². The fourth-order valence-corrected chi connectivity index (χ4v) is 3.23. The molecule has 0 spiro atoms. The van der Waals surface area contributed by atoms with Crippen LogP contribution in [0.25, 0.3) is 0 Å². The molecule has 0 aliphatic heterocycles. The summed E-state index contributed by atoms with van der Waals surface area (Å²) < 4.78 is 0. The number of hydrogen-bond donors (Lipinski definition) is 1. The summed E-state index contributed by atoms with van der Waals surface area (Å²) in [5, 5.41) is 8.61. The number of carboxylic acid groups (broad SMARTS) is 1. The van der Waals surface area contributed by atoms with Crippen LogP contribution in [0.1, 0.15) is 63.6 Å². The lowest BCUT2D eigenvalue weighted by molar-refractivity contribution is -0.131. The highest BCUT2D eigenvalue weighted by Crippen LogP contribution is 2.45. The summed E-state index contributed by atoms with van der Waals surface area (Å²) in [6.45, 7) is 9.32. The van der Waals surface area contributed by atoms with E-state index in [0.29, 0.717) is 0 Å². The minimum Gasteiger partial charge on any atom is -0.478 e. The smallest absolute Gasteiger partial charge is 0.327 e. The largest absolute Gasteiger partial charge is 0.478 e. The molecule has 0 fully saturated rings. The molecule has 1 aromatic rings. The zero-order valence-corrected chi connectivity index (χ0v) is 13.6. The molecule has 1 aromatic carbocycles. The Morgan fingerprint density at radius 1 is 1.14 bits per heavy atom. The van der Waals surface area contributed by atoms with Crippen LogP contribution in [0.2, 0.25) is 0 Å². The molecule has 2 nitrogen and oxygen atoms in total. The summed E-state index contributed by atoms with van der Waals surface area (Å²) in [7, 11) is 0. The van der Waals surface area contributed by atoms with Gasteiger partial charge in [-0.1, -0.05) is 52.0 Å². The van der Waals surface area contributed by atoms with E-state index in [1.165, 1.54) is 35.6 Å². The Labute approximate surface area is 127 Å². The van der Waals surface area contributed by atoms with Gasteiger partial charge in [-0.3, -0.25) is 0 Å². The fraction of sp³-hybridized carbons (Fsp3) is 0.526. The third-order valence-electron chi connectivity index (χ3n) is 4.78. The Morgan fingerprint density at radius 2 is 1.76 bits per heavy atom. The maximum Gasteiger partial charge on any atom is 0.327 e. The predicted octanol–water partition coefficient (Wildman–Crippen LogP) is 4.61. The number of rotatable bonds is 4. The number of allylic oxidation sites excluding steroid dienone is 1. The standard InChI is InChI=1S/C19H26O2/c1-18(2)11-12-19(3,4)16-13-14(9-10-15(16)18)7-5-6-8-17(20)21/h6,8-10,13H,5,7,11-12H2,1-4H3,(H,20,21). The normalized spacial score (nSPS) is 19.4. The van der Waals surface area contributed by atoms with Gasteiger partial charge in [0.2, 0.25) is 0 Å². The molecular weight excluding hydrogens is 260 g/mol. The first-order chi connectivity index (χ1) is 9.72. The van der Waals surface area contributed by atoms with Gasteiger partial charge < -0.3 is 5.11 Å². The van der Waals surface area contributed by atoms with Crippen LogP contribution in [-0.4, -0.2) is 11.1 Å². The van der Waals surface area contributed by atoms with Gasteiger partial charge in [-0.05, 0) is 53.2 Å². The van der Waals surface area contributed by atoms with Gasteiger partial charge in [0.25, 0.3) is 0 Å². The molecule has 0 saturated heterocycles. The summed E-state index contributed by atoms with van der Waals surface area (Å²) in [4.78, 5) is 10.5. The third-order valence-corrected chi connectivity index (χ3v) is 4.78. The monoisotopic (exact) mass is 286 g/mol. The number of benzene rings is 1. The second-order valence-corrected chi connectivity index (χ2v) is 7.43. The summed E-state index contributed by atoms with van der Waals surface area (Å²) >= 11 is 0. The first-order valence-electron chi connectivity index (χ1n) is 7.76. The van der Waals surface area contributed by atoms with Gasteiger partial charge in [-0.15, -0.1) is 0 Å². The first kappa shape index (κ1) is 15.8. The second kappa shape index (κ2) is 5.67. The van der Waals surface area contributed by atoms with Gasteiger partial charge in [0, 0.05) is 6.08 Å². The molecule has 0 aromatic heterocycles. The van der Waals surface area contributed by atoms with Crippen LogP contribution in [0.3, 0.4) is 0 Å². The number of carbonyl (C=O) groups is 1. The number of carboxylic acids is 1. The van der Waals surface area contributed by atoms with Gasteiger partial charge in [0.1, 0.15) is 0 Å². The third kappa shape index (κ3) is 3.55. The Bertz CT molecular complexity index is 565. The minimum absolute atomic E-state index is 0.234. The average Bonchev–Trinajstić information content (AvgIpc) is 2.40. The second-order valence-electron chi connectivity index (χ2n) is 7.43. The molecule has 2 heteroatoms. The van der Waals surface area contributed by atoms with Crippen LogP contribution in [-0.2, 0) is 22.0 Å². The SMILES string of the molecule is CC1(C)CCC(C)(C)c2cc(CCC=CC(=O)O)ccc21. The molecule has 0 saturated carbocycles. The van der Waals surface area contributed by atoms with E-state index in [9.17, 15) is 4.79 Å². The molecule has 1 aliphatic carbocycles. The highest BCUT2D eigenvalue weighted by atomic mass is 16.4. The van der Waals surface area contributed by atoms with Crippen molar-refractivity contribution in [2.45, 2.75) is 64.2 Å². The molecule has 0 bridgehead atoms. The molecule has 0 heterocycles. The van der Waals surface area contributed by atoms with Crippen molar-refractivity contribution >= 4 is 5.97 Å². The van der Waals surface area contributed by atoms with Gasteiger partial charge in [-0.2, -0.15) is 0 Å². The molecule has 0 unspecified atom stereocenters. The van der Waals surface area contributed by atoms with Crippen LogP contribution in [0, 0.1) is 0 Å². The Balaban J connectivity index is 2.23. The van der Waals surface area contributed by atoms with Crippen LogP contribution < -0.4 is 0 Å². The van der Waals surface area contributed by atoms with Crippen molar-refractivity contribution in [1.82, 2.24) is 0 Å².